The summed E-state index contributed by atoms with van der Waals surface area (Å²) in [4.78, 5) is 9.17. The van der Waals surface area contributed by atoms with Crippen molar-refractivity contribution in [2.24, 2.45) is 0 Å². The fourth-order valence-electron chi connectivity index (χ4n) is 1.32. The minimum Gasteiger partial charge on any atom is -0.370 e. The van der Waals surface area contributed by atoms with Crippen LogP contribution < -0.4 is 5.32 Å². The third-order valence-electron chi connectivity index (χ3n) is 2.03. The third-order valence-corrected chi connectivity index (χ3v) is 3.00. The van der Waals surface area contributed by atoms with E-state index < -0.39 is 5.95 Å². The van der Waals surface area contributed by atoms with Crippen molar-refractivity contribution in [2.75, 3.05) is 11.9 Å². The SMILES string of the molecule is Cc1cnc(CCNc2cccc(F)n2)s1. The zero-order valence-corrected chi connectivity index (χ0v) is 9.72. The lowest BCUT2D eigenvalue weighted by Gasteiger charge is -2.03. The quantitative estimate of drug-likeness (QED) is 0.831. The first-order valence-corrected chi connectivity index (χ1v) is 5.83. The Morgan fingerprint density at radius 2 is 2.31 bits per heavy atom. The maximum atomic E-state index is 12.8. The second-order valence-electron chi connectivity index (χ2n) is 3.39. The molecule has 3 nitrogen and oxygen atoms in total. The summed E-state index contributed by atoms with van der Waals surface area (Å²) in [5, 5.41) is 4.14. The van der Waals surface area contributed by atoms with Gasteiger partial charge in [0, 0.05) is 24.0 Å². The molecule has 0 aliphatic rings. The van der Waals surface area contributed by atoms with Crippen LogP contribution in [0.5, 0.6) is 0 Å². The van der Waals surface area contributed by atoms with Crippen LogP contribution in [-0.2, 0) is 6.42 Å². The molecule has 0 saturated heterocycles. The van der Waals surface area contributed by atoms with E-state index in [9.17, 15) is 4.39 Å². The zero-order valence-electron chi connectivity index (χ0n) is 8.90. The summed E-state index contributed by atoms with van der Waals surface area (Å²) in [6, 6.07) is 4.71. The van der Waals surface area contributed by atoms with Gasteiger partial charge in [-0.2, -0.15) is 4.39 Å². The Labute approximate surface area is 97.4 Å². The molecule has 2 rings (SSSR count). The number of hydrogen-bond acceptors (Lipinski definition) is 4. The van der Waals surface area contributed by atoms with Crippen LogP contribution in [0.2, 0.25) is 0 Å². The van der Waals surface area contributed by atoms with E-state index in [1.54, 1.807) is 23.5 Å². The Balaban J connectivity index is 1.84. The highest BCUT2D eigenvalue weighted by atomic mass is 32.1. The number of pyridine rings is 1. The van der Waals surface area contributed by atoms with Gasteiger partial charge in [0.15, 0.2) is 0 Å². The lowest BCUT2D eigenvalue weighted by molar-refractivity contribution is 0.585. The summed E-state index contributed by atoms with van der Waals surface area (Å²) in [5.74, 6) is 0.100. The molecule has 2 aromatic rings. The Morgan fingerprint density at radius 1 is 1.44 bits per heavy atom. The zero-order chi connectivity index (χ0) is 11.4. The second-order valence-corrected chi connectivity index (χ2v) is 4.71. The van der Waals surface area contributed by atoms with Crippen molar-refractivity contribution in [3.8, 4) is 0 Å². The van der Waals surface area contributed by atoms with Crippen LogP contribution in [-0.4, -0.2) is 16.5 Å². The Kier molecular flexibility index (Phi) is 3.46. The highest BCUT2D eigenvalue weighted by Crippen LogP contribution is 2.12. The molecule has 0 unspecified atom stereocenters. The number of nitrogens with zero attached hydrogens (tertiary/aromatic N) is 2. The molecule has 5 heteroatoms. The summed E-state index contributed by atoms with van der Waals surface area (Å²) < 4.78 is 12.8. The van der Waals surface area contributed by atoms with Gasteiger partial charge in [0.2, 0.25) is 5.95 Å². The third kappa shape index (κ3) is 3.00. The van der Waals surface area contributed by atoms with Crippen molar-refractivity contribution in [1.29, 1.82) is 0 Å². The van der Waals surface area contributed by atoms with Gasteiger partial charge in [-0.05, 0) is 19.1 Å². The molecular weight excluding hydrogens is 225 g/mol. The maximum absolute atomic E-state index is 12.8. The van der Waals surface area contributed by atoms with E-state index in [4.69, 9.17) is 0 Å². The van der Waals surface area contributed by atoms with Crippen LogP contribution in [0.3, 0.4) is 0 Å². The smallest absolute Gasteiger partial charge is 0.214 e. The molecule has 0 atom stereocenters. The highest BCUT2D eigenvalue weighted by molar-refractivity contribution is 7.11. The fraction of sp³-hybridized carbons (Fsp3) is 0.273. The van der Waals surface area contributed by atoms with E-state index in [0.29, 0.717) is 12.4 Å². The molecule has 1 N–H and O–H groups in total. The largest absolute Gasteiger partial charge is 0.370 e. The number of anilines is 1. The van der Waals surface area contributed by atoms with Gasteiger partial charge >= 0.3 is 0 Å². The van der Waals surface area contributed by atoms with Crippen LogP contribution in [0.1, 0.15) is 9.88 Å². The predicted molar refractivity (Wildman–Crippen MR) is 63.2 cm³/mol. The molecule has 0 radical (unpaired) electrons. The predicted octanol–water partition coefficient (Wildman–Crippen LogP) is 2.64. The molecule has 84 valence electrons. The normalized spacial score (nSPS) is 10.4. The summed E-state index contributed by atoms with van der Waals surface area (Å²) in [6.45, 7) is 2.74. The average molecular weight is 237 g/mol. The maximum Gasteiger partial charge on any atom is 0.214 e. The molecule has 2 heterocycles. The van der Waals surface area contributed by atoms with Crippen molar-refractivity contribution in [2.45, 2.75) is 13.3 Å². The van der Waals surface area contributed by atoms with Gasteiger partial charge in [0.25, 0.3) is 0 Å². The Bertz CT molecular complexity index is 470. The molecule has 16 heavy (non-hydrogen) atoms. The first kappa shape index (κ1) is 11.0. The highest BCUT2D eigenvalue weighted by Gasteiger charge is 1.99. The number of thiazole rings is 1. The molecule has 2 aromatic heterocycles. The summed E-state index contributed by atoms with van der Waals surface area (Å²) >= 11 is 1.68. The fourth-order valence-corrected chi connectivity index (χ4v) is 2.11. The Morgan fingerprint density at radius 3 is 3.00 bits per heavy atom. The first-order chi connectivity index (χ1) is 7.74. The lowest BCUT2D eigenvalue weighted by Crippen LogP contribution is -2.06. The van der Waals surface area contributed by atoms with Gasteiger partial charge in [0.1, 0.15) is 5.82 Å². The Hall–Kier alpha value is -1.49. The van der Waals surface area contributed by atoms with Crippen molar-refractivity contribution in [3.05, 3.63) is 40.2 Å². The van der Waals surface area contributed by atoms with Gasteiger partial charge in [-0.25, -0.2) is 9.97 Å². The number of aryl methyl sites for hydroxylation is 1. The second kappa shape index (κ2) is 5.03. The van der Waals surface area contributed by atoms with E-state index in [0.717, 1.165) is 11.4 Å². The molecule has 0 saturated carbocycles. The molecule has 0 bridgehead atoms. The first-order valence-electron chi connectivity index (χ1n) is 5.02. The molecular formula is C11H12FN3S. The molecule has 0 fully saturated rings. The summed E-state index contributed by atoms with van der Waals surface area (Å²) in [5.41, 5.74) is 0. The van der Waals surface area contributed by atoms with Crippen molar-refractivity contribution >= 4 is 17.2 Å². The number of aromatic nitrogens is 2. The van der Waals surface area contributed by atoms with Gasteiger partial charge < -0.3 is 5.32 Å². The molecule has 0 aliphatic heterocycles. The molecule has 0 amide bonds. The van der Waals surface area contributed by atoms with Crippen LogP contribution in [0, 0.1) is 12.9 Å². The van der Waals surface area contributed by atoms with Crippen molar-refractivity contribution in [1.82, 2.24) is 9.97 Å². The topological polar surface area (TPSA) is 37.8 Å². The van der Waals surface area contributed by atoms with E-state index in [1.807, 2.05) is 13.1 Å². The summed E-state index contributed by atoms with van der Waals surface area (Å²) in [7, 11) is 0. The van der Waals surface area contributed by atoms with Gasteiger partial charge in [-0.3, -0.25) is 0 Å². The van der Waals surface area contributed by atoms with Gasteiger partial charge in [-0.1, -0.05) is 6.07 Å². The molecule has 0 aliphatic carbocycles. The number of hydrogen-bond donors (Lipinski definition) is 1. The lowest BCUT2D eigenvalue weighted by atomic mass is 10.4. The minimum atomic E-state index is -0.463. The van der Waals surface area contributed by atoms with Gasteiger partial charge in [-0.15, -0.1) is 11.3 Å². The molecule has 0 aromatic carbocycles. The van der Waals surface area contributed by atoms with E-state index in [2.05, 4.69) is 15.3 Å². The van der Waals surface area contributed by atoms with E-state index in [-0.39, 0.29) is 0 Å². The van der Waals surface area contributed by atoms with Crippen molar-refractivity contribution in [3.63, 3.8) is 0 Å². The number of rotatable bonds is 4. The number of nitrogens with one attached hydrogen (secondary N) is 1. The number of halogens is 1. The summed E-state index contributed by atoms with van der Waals surface area (Å²) in [6.07, 6.45) is 2.69. The van der Waals surface area contributed by atoms with Gasteiger partial charge in [0.05, 0.1) is 5.01 Å². The minimum absolute atomic E-state index is 0.463. The van der Waals surface area contributed by atoms with Crippen molar-refractivity contribution < 1.29 is 4.39 Å². The molecule has 0 spiro atoms. The monoisotopic (exact) mass is 237 g/mol. The average Bonchev–Trinajstić information content (AvgIpc) is 2.64. The van der Waals surface area contributed by atoms with Crippen LogP contribution in [0.25, 0.3) is 0 Å². The van der Waals surface area contributed by atoms with E-state index >= 15 is 0 Å². The van der Waals surface area contributed by atoms with E-state index in [1.165, 1.54) is 10.9 Å². The standard InChI is InChI=1S/C11H12FN3S/c1-8-7-14-11(16-8)5-6-13-10-4-2-3-9(12)15-10/h2-4,7H,5-6H2,1H3,(H,13,15). The van der Waals surface area contributed by atoms with Crippen LogP contribution in [0.15, 0.2) is 24.4 Å². The van der Waals surface area contributed by atoms with Crippen LogP contribution >= 0.6 is 11.3 Å². The van der Waals surface area contributed by atoms with Crippen LogP contribution in [0.4, 0.5) is 10.2 Å².